The Labute approximate surface area is 628 Å². The number of nitrogens with zero attached hydrogens (tertiary/aromatic N) is 1. The maximum absolute atomic E-state index is 13.0. The van der Waals surface area contributed by atoms with Crippen molar-refractivity contribution in [1.29, 1.82) is 0 Å². The molecule has 0 rings (SSSR count). The number of quaternary nitrogens is 1. The molecule has 1 N–H and O–H groups in total. The minimum absolute atomic E-state index is 0.176. The molecule has 590 valence electrons. The summed E-state index contributed by atoms with van der Waals surface area (Å²) >= 11 is 0. The predicted octanol–water partition coefficient (Wildman–Crippen LogP) is 28.7. The summed E-state index contributed by atoms with van der Waals surface area (Å²) in [7, 11) is 6.00. The Bertz CT molecular complexity index is 1900. The summed E-state index contributed by atoms with van der Waals surface area (Å²) in [4.78, 5) is 37.8. The van der Waals surface area contributed by atoms with Crippen LogP contribution in [-0.2, 0) is 33.3 Å². The fourth-order valence-corrected chi connectivity index (χ4v) is 13.3. The number of hydrogen-bond acceptors (Lipinski definition) is 7. The van der Waals surface area contributed by atoms with Crippen LogP contribution in [0.25, 0.3) is 0 Å². The highest BCUT2D eigenvalue weighted by Gasteiger charge is 2.25. The van der Waals surface area contributed by atoms with E-state index in [4.69, 9.17) is 18.9 Å². The van der Waals surface area contributed by atoms with Crippen molar-refractivity contribution in [3.63, 3.8) is 0 Å². The number of aliphatic carboxylic acids is 1. The van der Waals surface area contributed by atoms with E-state index in [1.165, 1.54) is 340 Å². The summed E-state index contributed by atoms with van der Waals surface area (Å²) in [6.07, 6.45) is 110. The average molecular weight is 1420 g/mol. The zero-order chi connectivity index (χ0) is 73.2. The highest BCUT2D eigenvalue weighted by atomic mass is 16.7. The van der Waals surface area contributed by atoms with Crippen molar-refractivity contribution in [2.75, 3.05) is 47.5 Å². The third-order valence-electron chi connectivity index (χ3n) is 19.9. The first-order valence-corrected chi connectivity index (χ1v) is 44.1. The van der Waals surface area contributed by atoms with E-state index in [1.807, 2.05) is 21.1 Å². The van der Waals surface area contributed by atoms with E-state index in [0.717, 1.165) is 70.6 Å². The van der Waals surface area contributed by atoms with Gasteiger partial charge in [0.25, 0.3) is 6.29 Å². The molecule has 0 radical (unpaired) electrons. The number of likely N-dealkylation sites (N-methyl/N-ethyl adjacent to an activating group) is 1. The molecule has 2 atom stereocenters. The standard InChI is InChI=1S/C92H169NO8/c1-6-8-10-12-14-16-18-20-22-24-26-28-30-32-34-36-38-40-42-44-45-47-49-51-53-55-57-59-61-63-65-67-69-71-73-75-77-79-81-83-90(95)101-88(87-100-92(91(96)97)98-85-84-93(3,4)5)86-99-89(94)82-80-78-76-74-72-70-68-66-64-62-60-58-56-54-52-50-48-46-43-41-39-37-35-33-31-29-27-25-23-21-19-17-15-13-11-9-7-2/h8,10,14,16,20,22,25-28,32,34,88,92H,6-7,9,11-13,15,17-19,21,23-24,29-31,33,35-87H2,1-5H3/p+1/b10-8-,16-14-,22-20-,27-25-,28-26-,34-32-. The average Bonchev–Trinajstić information content (AvgIpc) is 1.21. The van der Waals surface area contributed by atoms with Crippen molar-refractivity contribution in [3.8, 4) is 0 Å². The summed E-state index contributed by atoms with van der Waals surface area (Å²) < 4.78 is 23.1. The summed E-state index contributed by atoms with van der Waals surface area (Å²) in [5.41, 5.74) is 0. The number of hydrogen-bond donors (Lipinski definition) is 1. The van der Waals surface area contributed by atoms with Crippen LogP contribution in [0.1, 0.15) is 438 Å². The molecule has 0 aliphatic rings. The molecule has 0 fully saturated rings. The van der Waals surface area contributed by atoms with Crippen LogP contribution in [0, 0.1) is 0 Å². The summed E-state index contributed by atoms with van der Waals surface area (Å²) in [5, 5.41) is 9.79. The van der Waals surface area contributed by atoms with E-state index in [-0.39, 0.29) is 38.2 Å². The van der Waals surface area contributed by atoms with Crippen LogP contribution in [0.3, 0.4) is 0 Å². The fraction of sp³-hybridized carbons (Fsp3) is 0.837. The lowest BCUT2D eigenvalue weighted by Crippen LogP contribution is -2.40. The van der Waals surface area contributed by atoms with Crippen molar-refractivity contribution in [2.24, 2.45) is 0 Å². The lowest BCUT2D eigenvalue weighted by Gasteiger charge is -2.25. The van der Waals surface area contributed by atoms with Gasteiger partial charge in [0.2, 0.25) is 0 Å². The number of carbonyl (C=O) groups excluding carboxylic acids is 2. The van der Waals surface area contributed by atoms with Crippen LogP contribution in [-0.4, -0.2) is 87.4 Å². The quantitative estimate of drug-likeness (QED) is 0.0211. The normalized spacial score (nSPS) is 12.9. The van der Waals surface area contributed by atoms with Gasteiger partial charge in [-0.3, -0.25) is 9.59 Å². The second-order valence-corrected chi connectivity index (χ2v) is 31.2. The fourth-order valence-electron chi connectivity index (χ4n) is 13.3. The minimum atomic E-state index is -1.51. The predicted molar refractivity (Wildman–Crippen MR) is 438 cm³/mol. The smallest absolute Gasteiger partial charge is 0.361 e. The molecule has 0 aromatic carbocycles. The molecule has 2 unspecified atom stereocenters. The molecule has 0 spiro atoms. The Balaban J connectivity index is 3.92. The van der Waals surface area contributed by atoms with Crippen LogP contribution in [0.15, 0.2) is 72.9 Å². The molecule has 0 saturated carbocycles. The van der Waals surface area contributed by atoms with Crippen molar-refractivity contribution in [3.05, 3.63) is 72.9 Å². The number of carboxylic acid groups (broad SMARTS) is 1. The molecule has 9 heteroatoms. The molecule has 0 saturated heterocycles. The number of rotatable bonds is 83. The van der Waals surface area contributed by atoms with Gasteiger partial charge in [0, 0.05) is 12.8 Å². The molecular weight excluding hydrogens is 1250 g/mol. The van der Waals surface area contributed by atoms with Crippen LogP contribution < -0.4 is 0 Å². The molecule has 0 aliphatic heterocycles. The van der Waals surface area contributed by atoms with Gasteiger partial charge in [-0.05, 0) is 83.5 Å². The number of carbonyl (C=O) groups is 3. The zero-order valence-corrected chi connectivity index (χ0v) is 67.8. The third-order valence-corrected chi connectivity index (χ3v) is 19.9. The molecular formula is C92H170NO8+. The van der Waals surface area contributed by atoms with Crippen molar-refractivity contribution in [1.82, 2.24) is 0 Å². The van der Waals surface area contributed by atoms with E-state index in [9.17, 15) is 19.5 Å². The van der Waals surface area contributed by atoms with E-state index < -0.39 is 18.4 Å². The lowest BCUT2D eigenvalue weighted by atomic mass is 10.0. The van der Waals surface area contributed by atoms with Crippen LogP contribution >= 0.6 is 0 Å². The Morgan fingerprint density at radius 3 is 0.851 bits per heavy atom. The topological polar surface area (TPSA) is 108 Å². The van der Waals surface area contributed by atoms with Crippen LogP contribution in [0.5, 0.6) is 0 Å². The van der Waals surface area contributed by atoms with Gasteiger partial charge in [-0.25, -0.2) is 4.79 Å². The second-order valence-electron chi connectivity index (χ2n) is 31.2. The highest BCUT2D eigenvalue weighted by molar-refractivity contribution is 5.71. The summed E-state index contributed by atoms with van der Waals surface area (Å²) in [5.74, 6) is -1.97. The molecule has 0 bridgehead atoms. The minimum Gasteiger partial charge on any atom is -0.477 e. The summed E-state index contributed by atoms with van der Waals surface area (Å²) in [6, 6.07) is 0. The maximum atomic E-state index is 13.0. The Hall–Kier alpha value is -3.27. The monoisotopic (exact) mass is 1420 g/mol. The largest absolute Gasteiger partial charge is 0.477 e. The number of esters is 2. The second kappa shape index (κ2) is 82.4. The zero-order valence-electron chi connectivity index (χ0n) is 67.8. The van der Waals surface area contributed by atoms with Crippen molar-refractivity contribution < 1.29 is 42.9 Å². The van der Waals surface area contributed by atoms with Gasteiger partial charge in [0.05, 0.1) is 34.4 Å². The third kappa shape index (κ3) is 83.9. The van der Waals surface area contributed by atoms with Gasteiger partial charge in [0.15, 0.2) is 6.10 Å². The van der Waals surface area contributed by atoms with Crippen LogP contribution in [0.4, 0.5) is 0 Å². The van der Waals surface area contributed by atoms with Crippen molar-refractivity contribution >= 4 is 17.9 Å². The van der Waals surface area contributed by atoms with Crippen LogP contribution in [0.2, 0.25) is 0 Å². The number of allylic oxidation sites excluding steroid dienone is 12. The molecule has 0 aromatic rings. The number of ether oxygens (including phenoxy) is 4. The molecule has 0 aliphatic carbocycles. The van der Waals surface area contributed by atoms with Gasteiger partial charge in [-0.2, -0.15) is 0 Å². The SMILES string of the molecule is CC/C=C\C/C=C\C/C=C\C/C=C\C/C=C\CCCCCCCCCCCCCCCCCCCCCCCCCC(=O)OC(COC(=O)CCCCCCCCCCCCCCCCCCCCCCCCCCC/C=C\CCCCCCCCCC)COC(OCC[N+](C)(C)C)C(=O)O. The van der Waals surface area contributed by atoms with Gasteiger partial charge in [0.1, 0.15) is 13.2 Å². The lowest BCUT2D eigenvalue weighted by molar-refractivity contribution is -0.870. The molecule has 101 heavy (non-hydrogen) atoms. The number of unbranched alkanes of at least 4 members (excludes halogenated alkanes) is 56. The summed E-state index contributed by atoms with van der Waals surface area (Å²) in [6.45, 7) is 4.84. The maximum Gasteiger partial charge on any atom is 0.361 e. The van der Waals surface area contributed by atoms with Crippen molar-refractivity contribution in [2.45, 2.75) is 450 Å². The van der Waals surface area contributed by atoms with Gasteiger partial charge in [-0.15, -0.1) is 0 Å². The Kier molecular flexibility index (Phi) is 79.7. The number of carboxylic acids is 1. The van der Waals surface area contributed by atoms with Gasteiger partial charge >= 0.3 is 17.9 Å². The van der Waals surface area contributed by atoms with E-state index in [1.54, 1.807) is 0 Å². The highest BCUT2D eigenvalue weighted by Crippen LogP contribution is 2.20. The van der Waals surface area contributed by atoms with E-state index in [0.29, 0.717) is 17.4 Å². The van der Waals surface area contributed by atoms with E-state index in [2.05, 4.69) is 86.8 Å². The first-order valence-electron chi connectivity index (χ1n) is 44.1. The first kappa shape index (κ1) is 97.7. The van der Waals surface area contributed by atoms with Gasteiger partial charge < -0.3 is 28.5 Å². The molecule has 9 nitrogen and oxygen atoms in total. The molecule has 0 heterocycles. The molecule has 0 aromatic heterocycles. The molecule has 0 amide bonds. The van der Waals surface area contributed by atoms with Gasteiger partial charge in [-0.1, -0.05) is 414 Å². The Morgan fingerprint density at radius 2 is 0.564 bits per heavy atom. The first-order chi connectivity index (χ1) is 49.6. The Morgan fingerprint density at radius 1 is 0.307 bits per heavy atom. The van der Waals surface area contributed by atoms with E-state index >= 15 is 0 Å².